The van der Waals surface area contributed by atoms with Gasteiger partial charge >= 0.3 is 0 Å². The first-order valence-corrected chi connectivity index (χ1v) is 6.03. The minimum Gasteiger partial charge on any atom is -0.295 e. The number of hydrogen-bond acceptors (Lipinski definition) is 1. The Kier molecular flexibility index (Phi) is 3.75. The smallest absolute Gasteiger partial charge is 0.155 e. The molecule has 1 rings (SSSR count). The van der Waals surface area contributed by atoms with Crippen LogP contribution in [0.3, 0.4) is 0 Å². The number of ketones is 1. The van der Waals surface area contributed by atoms with Gasteiger partial charge in [-0.25, -0.2) is 0 Å². The Morgan fingerprint density at radius 1 is 1.33 bits per heavy atom. The average Bonchev–Trinajstić information content (AvgIpc) is 2.05. The van der Waals surface area contributed by atoms with Crippen molar-refractivity contribution < 1.29 is 4.79 Å². The fourth-order valence-electron chi connectivity index (χ4n) is 3.16. The van der Waals surface area contributed by atoms with Crippen molar-refractivity contribution in [1.29, 1.82) is 0 Å². The van der Waals surface area contributed by atoms with Crippen molar-refractivity contribution in [2.24, 2.45) is 23.2 Å². The molecule has 0 heterocycles. The zero-order valence-electron chi connectivity index (χ0n) is 10.7. The second kappa shape index (κ2) is 4.51. The third-order valence-corrected chi connectivity index (χ3v) is 3.43. The molecule has 1 aliphatic rings. The van der Waals surface area contributed by atoms with Crippen LogP contribution in [0.2, 0.25) is 0 Å². The van der Waals surface area contributed by atoms with Crippen LogP contribution in [0.5, 0.6) is 0 Å². The Balaban J connectivity index is 2.82. The van der Waals surface area contributed by atoms with Crippen molar-refractivity contribution in [2.45, 2.75) is 47.5 Å². The summed E-state index contributed by atoms with van der Waals surface area (Å²) in [7, 11) is 0. The summed E-state index contributed by atoms with van der Waals surface area (Å²) in [6, 6.07) is 0. The molecule has 0 saturated carbocycles. The maximum Gasteiger partial charge on any atom is 0.155 e. The Bertz CT molecular complexity index is 255. The quantitative estimate of drug-likeness (QED) is 0.674. The van der Waals surface area contributed by atoms with Gasteiger partial charge in [0.1, 0.15) is 0 Å². The molecule has 0 aromatic carbocycles. The Morgan fingerprint density at radius 2 is 1.93 bits per heavy atom. The Hall–Kier alpha value is -0.590. The average molecular weight is 208 g/mol. The number of allylic oxidation sites excluding steroid dienone is 2. The van der Waals surface area contributed by atoms with Crippen LogP contribution >= 0.6 is 0 Å². The highest BCUT2D eigenvalue weighted by atomic mass is 16.1. The van der Waals surface area contributed by atoms with Crippen LogP contribution in [0.25, 0.3) is 0 Å². The molecule has 15 heavy (non-hydrogen) atoms. The van der Waals surface area contributed by atoms with E-state index in [1.165, 1.54) is 0 Å². The maximum atomic E-state index is 11.2. The van der Waals surface area contributed by atoms with Crippen LogP contribution in [-0.2, 0) is 4.79 Å². The second-order valence-corrected chi connectivity index (χ2v) is 6.16. The van der Waals surface area contributed by atoms with Gasteiger partial charge in [0.15, 0.2) is 5.78 Å². The van der Waals surface area contributed by atoms with Crippen molar-refractivity contribution in [3.8, 4) is 0 Å². The van der Waals surface area contributed by atoms with Gasteiger partial charge in [0.2, 0.25) is 0 Å². The van der Waals surface area contributed by atoms with Gasteiger partial charge < -0.3 is 0 Å². The predicted molar refractivity (Wildman–Crippen MR) is 64.7 cm³/mol. The van der Waals surface area contributed by atoms with Crippen molar-refractivity contribution in [3.63, 3.8) is 0 Å². The molecule has 0 bridgehead atoms. The third kappa shape index (κ3) is 3.19. The van der Waals surface area contributed by atoms with E-state index in [1.54, 1.807) is 6.08 Å². The molecule has 0 N–H and O–H groups in total. The van der Waals surface area contributed by atoms with Crippen molar-refractivity contribution in [2.75, 3.05) is 0 Å². The lowest BCUT2D eigenvalue weighted by molar-refractivity contribution is -0.115. The summed E-state index contributed by atoms with van der Waals surface area (Å²) in [6.07, 6.45) is 5.70. The summed E-state index contributed by atoms with van der Waals surface area (Å²) < 4.78 is 0. The summed E-state index contributed by atoms with van der Waals surface area (Å²) >= 11 is 0. The molecule has 0 aromatic rings. The Morgan fingerprint density at radius 3 is 2.27 bits per heavy atom. The lowest BCUT2D eigenvalue weighted by Crippen LogP contribution is -2.33. The van der Waals surface area contributed by atoms with E-state index in [0.29, 0.717) is 29.0 Å². The molecule has 86 valence electrons. The monoisotopic (exact) mass is 208 g/mol. The summed E-state index contributed by atoms with van der Waals surface area (Å²) in [5.74, 6) is 2.22. The largest absolute Gasteiger partial charge is 0.295 e. The van der Waals surface area contributed by atoms with Gasteiger partial charge in [-0.1, -0.05) is 40.7 Å². The lowest BCUT2D eigenvalue weighted by atomic mass is 9.65. The normalized spacial score (nSPS) is 24.7. The fraction of sp³-hybridized carbons (Fsp3) is 0.786. The second-order valence-electron chi connectivity index (χ2n) is 6.16. The molecule has 1 aliphatic carbocycles. The lowest BCUT2D eigenvalue weighted by Gasteiger charge is -2.39. The summed E-state index contributed by atoms with van der Waals surface area (Å²) in [5.41, 5.74) is 0.323. The molecule has 2 atom stereocenters. The standard InChI is InChI=1S/C14H24O/c1-10(2)13(14(3,4)5)11-6-8-12(15)9-7-11/h6,8,10-11,13H,7,9H2,1-5H3. The molecular weight excluding hydrogens is 184 g/mol. The molecule has 2 unspecified atom stereocenters. The van der Waals surface area contributed by atoms with Crippen molar-refractivity contribution >= 4 is 5.78 Å². The highest BCUT2D eigenvalue weighted by Crippen LogP contribution is 2.41. The van der Waals surface area contributed by atoms with Gasteiger partial charge in [0.05, 0.1) is 0 Å². The first-order chi connectivity index (χ1) is 6.82. The van der Waals surface area contributed by atoms with E-state index in [2.05, 4.69) is 40.7 Å². The van der Waals surface area contributed by atoms with Crippen LogP contribution in [0, 0.1) is 23.2 Å². The van der Waals surface area contributed by atoms with E-state index in [0.717, 1.165) is 12.8 Å². The van der Waals surface area contributed by atoms with Gasteiger partial charge in [-0.05, 0) is 35.7 Å². The number of rotatable bonds is 2. The van der Waals surface area contributed by atoms with Gasteiger partial charge in [-0.3, -0.25) is 4.79 Å². The molecule has 1 nitrogen and oxygen atoms in total. The highest BCUT2D eigenvalue weighted by Gasteiger charge is 2.34. The number of carbonyl (C=O) groups is 1. The topological polar surface area (TPSA) is 17.1 Å². The summed E-state index contributed by atoms with van der Waals surface area (Å²) in [5, 5.41) is 0. The van der Waals surface area contributed by atoms with Gasteiger partial charge in [-0.15, -0.1) is 0 Å². The highest BCUT2D eigenvalue weighted by molar-refractivity contribution is 5.90. The first kappa shape index (κ1) is 12.5. The summed E-state index contributed by atoms with van der Waals surface area (Å²) in [6.45, 7) is 11.5. The maximum absolute atomic E-state index is 11.2. The van der Waals surface area contributed by atoms with Crippen LogP contribution in [0.1, 0.15) is 47.5 Å². The van der Waals surface area contributed by atoms with E-state index in [-0.39, 0.29) is 0 Å². The summed E-state index contributed by atoms with van der Waals surface area (Å²) in [4.78, 5) is 11.2. The minimum absolute atomic E-state index is 0.294. The van der Waals surface area contributed by atoms with Crippen LogP contribution in [0.15, 0.2) is 12.2 Å². The molecule has 0 spiro atoms. The molecule has 0 amide bonds. The van der Waals surface area contributed by atoms with Gasteiger partial charge in [0.25, 0.3) is 0 Å². The predicted octanol–water partition coefficient (Wildman–Crippen LogP) is 3.84. The molecule has 0 aromatic heterocycles. The Labute approximate surface area is 93.9 Å². The number of carbonyl (C=O) groups excluding carboxylic acids is 1. The van der Waals surface area contributed by atoms with E-state index < -0.39 is 0 Å². The SMILES string of the molecule is CC(C)C(C1C=CC(=O)CC1)C(C)(C)C. The van der Waals surface area contributed by atoms with Crippen molar-refractivity contribution in [1.82, 2.24) is 0 Å². The van der Waals surface area contributed by atoms with Gasteiger partial charge in [0, 0.05) is 6.42 Å². The first-order valence-electron chi connectivity index (χ1n) is 6.03. The molecule has 0 fully saturated rings. The van der Waals surface area contributed by atoms with Crippen LogP contribution < -0.4 is 0 Å². The zero-order chi connectivity index (χ0) is 11.6. The van der Waals surface area contributed by atoms with Crippen LogP contribution in [0.4, 0.5) is 0 Å². The third-order valence-electron chi connectivity index (χ3n) is 3.43. The van der Waals surface area contributed by atoms with E-state index >= 15 is 0 Å². The van der Waals surface area contributed by atoms with Crippen LogP contribution in [-0.4, -0.2) is 5.78 Å². The van der Waals surface area contributed by atoms with E-state index in [1.807, 2.05) is 0 Å². The van der Waals surface area contributed by atoms with E-state index in [4.69, 9.17) is 0 Å². The molecule has 0 saturated heterocycles. The van der Waals surface area contributed by atoms with Gasteiger partial charge in [-0.2, -0.15) is 0 Å². The molecular formula is C14H24O. The minimum atomic E-state index is 0.294. The van der Waals surface area contributed by atoms with E-state index in [9.17, 15) is 4.79 Å². The fourth-order valence-corrected chi connectivity index (χ4v) is 3.16. The number of hydrogen-bond donors (Lipinski definition) is 0. The molecule has 1 heteroatoms. The molecule has 0 radical (unpaired) electrons. The molecule has 0 aliphatic heterocycles. The van der Waals surface area contributed by atoms with Crippen molar-refractivity contribution in [3.05, 3.63) is 12.2 Å². The zero-order valence-corrected chi connectivity index (χ0v) is 10.7.